The largest absolute Gasteiger partial charge is 0.442 e. The molecule has 0 aliphatic carbocycles. The van der Waals surface area contributed by atoms with Crippen molar-refractivity contribution in [2.24, 2.45) is 0 Å². The SMILES string of the molecule is S=P1(c2cccc(-c3cc(-c4cccc(P5(=S)Oc6ccccc6N5c5ccccc5)c4)cc(-c4cccc([P+]5(S)Oc6ccccc6N5c5ccccc5)c4)c3)c2)Oc2ccccc2N1c1ccccc1. The molecule has 0 N–H and O–H groups in total. The Bertz CT molecular complexity index is 3660. The maximum absolute atomic E-state index is 6.95. The second kappa shape index (κ2) is 18.0. The summed E-state index contributed by atoms with van der Waals surface area (Å²) < 4.78 is 27.5. The number of benzene rings is 10. The Hall–Kier alpha value is -6.92. The molecule has 72 heavy (non-hydrogen) atoms. The van der Waals surface area contributed by atoms with E-state index < -0.39 is 19.7 Å². The summed E-state index contributed by atoms with van der Waals surface area (Å²) in [6.45, 7) is -2.76. The van der Waals surface area contributed by atoms with Crippen LogP contribution >= 0.6 is 31.9 Å². The van der Waals surface area contributed by atoms with Gasteiger partial charge in [0.05, 0.1) is 29.3 Å². The first-order valence-corrected chi connectivity index (χ1v) is 31.7. The molecule has 0 saturated heterocycles. The second-order valence-electron chi connectivity index (χ2n) is 17.7. The van der Waals surface area contributed by atoms with Crippen LogP contribution in [0.1, 0.15) is 0 Å². The molecule has 3 heterocycles. The number of thiol groups is 1. The molecule has 10 aromatic rings. The third kappa shape index (κ3) is 7.58. The van der Waals surface area contributed by atoms with E-state index in [1.807, 2.05) is 97.1 Å². The van der Waals surface area contributed by atoms with Gasteiger partial charge in [0, 0.05) is 22.0 Å². The van der Waals surface area contributed by atoms with Crippen molar-refractivity contribution in [2.75, 3.05) is 14.0 Å². The molecule has 6 nitrogen and oxygen atoms in total. The van der Waals surface area contributed by atoms with E-state index in [-0.39, 0.29) is 0 Å². The first-order valence-electron chi connectivity index (χ1n) is 23.5. The van der Waals surface area contributed by atoms with Crippen LogP contribution < -0.4 is 43.5 Å². The highest BCUT2D eigenvalue weighted by Crippen LogP contribution is 2.75. The molecule has 0 amide bonds. The third-order valence-corrected chi connectivity index (χ3v) is 24.5. The maximum atomic E-state index is 6.95. The van der Waals surface area contributed by atoms with Gasteiger partial charge in [-0.2, -0.15) is 4.67 Å². The summed E-state index contributed by atoms with van der Waals surface area (Å²) >= 11 is 19.0. The Balaban J connectivity index is 0.962. The van der Waals surface area contributed by atoms with Crippen LogP contribution in [0.2, 0.25) is 0 Å². The van der Waals surface area contributed by atoms with E-state index in [1.165, 1.54) is 0 Å². The molecule has 3 aliphatic heterocycles. The van der Waals surface area contributed by atoms with Gasteiger partial charge in [-0.1, -0.05) is 127 Å². The molecule has 12 heteroatoms. The zero-order chi connectivity index (χ0) is 48.4. The quantitative estimate of drug-likeness (QED) is 0.113. The van der Waals surface area contributed by atoms with E-state index in [0.717, 1.165) is 101 Å². The van der Waals surface area contributed by atoms with Crippen LogP contribution in [0.3, 0.4) is 0 Å². The smallest absolute Gasteiger partial charge is 0.378 e. The molecule has 0 radical (unpaired) electrons. The number of anilines is 6. The van der Waals surface area contributed by atoms with E-state index in [9.17, 15) is 0 Å². The highest BCUT2D eigenvalue weighted by molar-refractivity contribution is 8.54. The van der Waals surface area contributed by atoms with Crippen LogP contribution in [0.4, 0.5) is 34.1 Å². The summed E-state index contributed by atoms with van der Waals surface area (Å²) in [4.78, 5) is 0. The lowest BCUT2D eigenvalue weighted by Crippen LogP contribution is -2.22. The topological polar surface area (TPSA) is 37.4 Å². The normalized spacial score (nSPS) is 19.4. The summed E-state index contributed by atoms with van der Waals surface area (Å²) in [5, 5.41) is 2.89. The fourth-order valence-corrected chi connectivity index (χ4v) is 20.3. The fraction of sp³-hybridized carbons (Fsp3) is 0. The third-order valence-electron chi connectivity index (χ3n) is 13.2. The molecule has 0 aromatic heterocycles. The maximum Gasteiger partial charge on any atom is 0.378 e. The van der Waals surface area contributed by atoms with Crippen molar-refractivity contribution in [1.29, 1.82) is 0 Å². The summed E-state index contributed by atoms with van der Waals surface area (Å²) in [6.07, 6.45) is -5.74. The van der Waals surface area contributed by atoms with Gasteiger partial charge in [0.25, 0.3) is 0 Å². The van der Waals surface area contributed by atoms with Crippen LogP contribution in [-0.2, 0) is 23.6 Å². The number of rotatable bonds is 9. The summed E-state index contributed by atoms with van der Waals surface area (Å²) in [5.74, 6) is 2.38. The number of hydrogen-bond acceptors (Lipinski definition) is 7. The predicted molar refractivity (Wildman–Crippen MR) is 313 cm³/mol. The lowest BCUT2D eigenvalue weighted by molar-refractivity contribution is 0.638. The van der Waals surface area contributed by atoms with E-state index in [2.05, 4.69) is 172 Å². The highest BCUT2D eigenvalue weighted by atomic mass is 32.7. The lowest BCUT2D eigenvalue weighted by atomic mass is 9.93. The van der Waals surface area contributed by atoms with Crippen molar-refractivity contribution in [3.63, 3.8) is 0 Å². The summed E-state index contributed by atoms with van der Waals surface area (Å²) in [5.41, 5.74) is 12.1. The first-order chi connectivity index (χ1) is 35.3. The number of para-hydroxylation sites is 9. The Labute approximate surface area is 435 Å². The van der Waals surface area contributed by atoms with E-state index in [0.29, 0.717) is 0 Å². The minimum absolute atomic E-state index is 0.784. The van der Waals surface area contributed by atoms with Crippen LogP contribution in [0.15, 0.2) is 255 Å². The van der Waals surface area contributed by atoms with Crippen molar-refractivity contribution in [2.45, 2.75) is 0 Å². The van der Waals surface area contributed by atoms with Gasteiger partial charge in [0.2, 0.25) is 18.6 Å². The zero-order valence-corrected chi connectivity index (χ0v) is 43.6. The predicted octanol–water partition coefficient (Wildman–Crippen LogP) is 16.6. The average Bonchev–Trinajstić information content (AvgIpc) is 4.06. The van der Waals surface area contributed by atoms with Gasteiger partial charge in [-0.05, 0) is 184 Å². The first kappa shape index (κ1) is 45.0. The van der Waals surface area contributed by atoms with E-state index in [4.69, 9.17) is 49.4 Å². The Morgan fingerprint density at radius 1 is 0.347 bits per heavy atom. The van der Waals surface area contributed by atoms with Gasteiger partial charge < -0.3 is 13.6 Å². The van der Waals surface area contributed by atoms with Crippen LogP contribution in [0.5, 0.6) is 17.2 Å². The van der Waals surface area contributed by atoms with Gasteiger partial charge in [0.1, 0.15) is 5.69 Å². The molecule has 10 aromatic carbocycles. The van der Waals surface area contributed by atoms with Gasteiger partial charge >= 0.3 is 6.84 Å². The van der Waals surface area contributed by atoms with Crippen LogP contribution in [0, 0.1) is 0 Å². The molecule has 3 atom stereocenters. The Morgan fingerprint density at radius 2 is 0.736 bits per heavy atom. The molecule has 0 fully saturated rings. The Kier molecular flexibility index (Phi) is 11.2. The molecule has 13 rings (SSSR count). The average molecular weight is 1040 g/mol. The molecule has 3 aliphatic rings. The van der Waals surface area contributed by atoms with Gasteiger partial charge in [-0.3, -0.25) is 9.34 Å². The highest BCUT2D eigenvalue weighted by Gasteiger charge is 2.56. The lowest BCUT2D eigenvalue weighted by Gasteiger charge is -2.29. The van der Waals surface area contributed by atoms with Gasteiger partial charge in [0.15, 0.2) is 16.8 Å². The standard InChI is InChI=1S/C60H43N3O3P3S3/c70-67(61(49-22-4-1-5-23-49)55-31-10-13-34-58(55)64-67)52-28-16-19-43(40-52)46-37-47(44-20-17-29-53(41-44)68(71)62(50-24-6-2-7-25-50)56-32-11-14-35-59(56)65-68)39-48(38-46)45-21-18-30-54(42-45)69(72)63(51-26-8-3-9-27-51)57-33-12-15-36-60(57)66-69/h1-42,70H/q+1. The molecular weight excluding hydrogens is 1000 g/mol. The van der Waals surface area contributed by atoms with Crippen molar-refractivity contribution in [1.82, 2.24) is 0 Å². The molecule has 0 bridgehead atoms. The van der Waals surface area contributed by atoms with Gasteiger partial charge in [-0.15, -0.1) is 0 Å². The van der Waals surface area contributed by atoms with Crippen molar-refractivity contribution < 1.29 is 13.6 Å². The van der Waals surface area contributed by atoms with Crippen LogP contribution in [0.25, 0.3) is 33.4 Å². The number of hydrogen-bond donors (Lipinski definition) is 1. The molecule has 348 valence electrons. The van der Waals surface area contributed by atoms with E-state index in [1.54, 1.807) is 0 Å². The summed E-state index contributed by atoms with van der Waals surface area (Å²) in [7, 11) is 0. The minimum atomic E-state index is -2.87. The summed E-state index contributed by atoms with van der Waals surface area (Å²) in [6, 6.07) is 88.2. The minimum Gasteiger partial charge on any atom is -0.442 e. The monoisotopic (exact) mass is 1040 g/mol. The van der Waals surface area contributed by atoms with Crippen molar-refractivity contribution in [3.8, 4) is 50.6 Å². The molecule has 3 unspecified atom stereocenters. The number of fused-ring (bicyclic) bond motifs is 3. The molecule has 0 spiro atoms. The van der Waals surface area contributed by atoms with Crippen LogP contribution in [-0.4, -0.2) is 0 Å². The van der Waals surface area contributed by atoms with E-state index >= 15 is 0 Å². The van der Waals surface area contributed by atoms with Crippen molar-refractivity contribution in [3.05, 3.63) is 255 Å². The molecular formula is C60H43N3O3P3S3+. The number of nitrogens with zero attached hydrogens (tertiary/aromatic N) is 3. The zero-order valence-electron chi connectivity index (χ0n) is 38.4. The van der Waals surface area contributed by atoms with Gasteiger partial charge in [-0.25, -0.2) is 0 Å². The second-order valence-corrected chi connectivity index (χ2v) is 28.7. The fourth-order valence-electron chi connectivity index (χ4n) is 9.89. The Morgan fingerprint density at radius 3 is 1.22 bits per heavy atom. The van der Waals surface area contributed by atoms with Crippen molar-refractivity contribution >= 4 is 106 Å². The molecule has 0 saturated carbocycles.